The average molecular weight is 240 g/mol. The molecule has 92 valence electrons. The van der Waals surface area contributed by atoms with Gasteiger partial charge in [-0.15, -0.1) is 6.58 Å². The maximum atomic E-state index is 13.3. The summed E-state index contributed by atoms with van der Waals surface area (Å²) in [4.78, 5) is 11.6. The van der Waals surface area contributed by atoms with Gasteiger partial charge in [0.1, 0.15) is 6.61 Å². The van der Waals surface area contributed by atoms with E-state index in [1.807, 2.05) is 6.92 Å². The fourth-order valence-corrected chi connectivity index (χ4v) is 1.33. The molecule has 0 spiro atoms. The van der Waals surface area contributed by atoms with Crippen LogP contribution in [0.5, 0.6) is 0 Å². The van der Waals surface area contributed by atoms with Crippen molar-refractivity contribution < 1.29 is 18.3 Å². The van der Waals surface area contributed by atoms with Crippen LogP contribution in [-0.2, 0) is 4.74 Å². The van der Waals surface area contributed by atoms with Crippen molar-refractivity contribution in [3.63, 3.8) is 0 Å². The Hall–Kier alpha value is -1.55. The largest absolute Gasteiger partial charge is 0.366 e. The standard InChI is InChI=1S/C13H14F2O2/c1-3-9(4-2)17-8-12(16)10-6-5-7-11(14)13(10)15/h3,5-7,9H,1,4,8H2,2H3. The lowest BCUT2D eigenvalue weighted by molar-refractivity contribution is 0.0600. The van der Waals surface area contributed by atoms with Gasteiger partial charge in [-0.25, -0.2) is 8.78 Å². The number of halogens is 2. The van der Waals surface area contributed by atoms with Gasteiger partial charge in [-0.1, -0.05) is 19.1 Å². The molecule has 1 unspecified atom stereocenters. The zero-order valence-electron chi connectivity index (χ0n) is 9.58. The van der Waals surface area contributed by atoms with Gasteiger partial charge in [0, 0.05) is 0 Å². The highest BCUT2D eigenvalue weighted by molar-refractivity contribution is 5.97. The molecule has 0 aromatic heterocycles. The Balaban J connectivity index is 2.70. The lowest BCUT2D eigenvalue weighted by Crippen LogP contribution is -2.17. The van der Waals surface area contributed by atoms with Gasteiger partial charge in [0.15, 0.2) is 17.4 Å². The van der Waals surface area contributed by atoms with Crippen molar-refractivity contribution in [1.29, 1.82) is 0 Å². The third-order valence-corrected chi connectivity index (χ3v) is 2.35. The molecule has 0 amide bonds. The molecule has 1 atom stereocenters. The molecular weight excluding hydrogens is 226 g/mol. The zero-order chi connectivity index (χ0) is 12.8. The quantitative estimate of drug-likeness (QED) is 0.564. The molecule has 0 aliphatic rings. The van der Waals surface area contributed by atoms with Gasteiger partial charge in [0.2, 0.25) is 0 Å². The van der Waals surface area contributed by atoms with Gasteiger partial charge in [0.25, 0.3) is 0 Å². The molecule has 4 heteroatoms. The lowest BCUT2D eigenvalue weighted by Gasteiger charge is -2.10. The summed E-state index contributed by atoms with van der Waals surface area (Å²) in [6.45, 7) is 5.13. The third kappa shape index (κ3) is 3.46. The summed E-state index contributed by atoms with van der Waals surface area (Å²) in [7, 11) is 0. The molecule has 1 aromatic carbocycles. The molecule has 0 aliphatic carbocycles. The van der Waals surface area contributed by atoms with Crippen molar-refractivity contribution in [2.75, 3.05) is 6.61 Å². The molecule has 0 N–H and O–H groups in total. The summed E-state index contributed by atoms with van der Waals surface area (Å²) in [6, 6.07) is 3.49. The van der Waals surface area contributed by atoms with Gasteiger partial charge in [-0.2, -0.15) is 0 Å². The molecule has 0 fully saturated rings. The fraction of sp³-hybridized carbons (Fsp3) is 0.308. The highest BCUT2D eigenvalue weighted by Gasteiger charge is 2.16. The van der Waals surface area contributed by atoms with Crippen LogP contribution in [-0.4, -0.2) is 18.5 Å². The van der Waals surface area contributed by atoms with E-state index in [-0.39, 0.29) is 18.3 Å². The maximum absolute atomic E-state index is 13.3. The predicted octanol–water partition coefficient (Wildman–Crippen LogP) is 3.13. The van der Waals surface area contributed by atoms with Crippen LogP contribution in [0.4, 0.5) is 8.78 Å². The predicted molar refractivity (Wildman–Crippen MR) is 60.9 cm³/mol. The van der Waals surface area contributed by atoms with Crippen LogP contribution in [0, 0.1) is 11.6 Å². The number of carbonyl (C=O) groups is 1. The first-order chi connectivity index (χ1) is 8.10. The van der Waals surface area contributed by atoms with Crippen molar-refractivity contribution in [2.24, 2.45) is 0 Å². The maximum Gasteiger partial charge on any atom is 0.191 e. The van der Waals surface area contributed by atoms with E-state index in [0.717, 1.165) is 6.07 Å². The Labute approximate surface area is 98.9 Å². The SMILES string of the molecule is C=CC(CC)OCC(=O)c1cccc(F)c1F. The van der Waals surface area contributed by atoms with Crippen molar-refractivity contribution >= 4 is 5.78 Å². The summed E-state index contributed by atoms with van der Waals surface area (Å²) in [5, 5.41) is 0. The second-order valence-corrected chi connectivity index (χ2v) is 3.52. The van der Waals surface area contributed by atoms with E-state index in [1.165, 1.54) is 12.1 Å². The van der Waals surface area contributed by atoms with Crippen LogP contribution in [0.15, 0.2) is 30.9 Å². The molecule has 0 saturated carbocycles. The summed E-state index contributed by atoms with van der Waals surface area (Å²) < 4.78 is 31.4. The molecule has 2 nitrogen and oxygen atoms in total. The summed E-state index contributed by atoms with van der Waals surface area (Å²) in [5.41, 5.74) is -0.288. The van der Waals surface area contributed by atoms with Gasteiger partial charge < -0.3 is 4.74 Å². The van der Waals surface area contributed by atoms with Crippen LogP contribution >= 0.6 is 0 Å². The van der Waals surface area contributed by atoms with Crippen molar-refractivity contribution in [1.82, 2.24) is 0 Å². The first-order valence-electron chi connectivity index (χ1n) is 5.31. The van der Waals surface area contributed by atoms with E-state index in [1.54, 1.807) is 6.08 Å². The highest BCUT2D eigenvalue weighted by Crippen LogP contribution is 2.12. The van der Waals surface area contributed by atoms with Gasteiger partial charge in [-0.05, 0) is 18.6 Å². The van der Waals surface area contributed by atoms with Crippen molar-refractivity contribution in [2.45, 2.75) is 19.4 Å². The second kappa shape index (κ2) is 6.25. The third-order valence-electron chi connectivity index (χ3n) is 2.35. The molecule has 0 aliphatic heterocycles. The van der Waals surface area contributed by atoms with E-state index >= 15 is 0 Å². The molecule has 0 saturated heterocycles. The Morgan fingerprint density at radius 2 is 2.24 bits per heavy atom. The van der Waals surface area contributed by atoms with E-state index < -0.39 is 17.4 Å². The fourth-order valence-electron chi connectivity index (χ4n) is 1.33. The Bertz CT molecular complexity index is 416. The number of Topliss-reactive ketones (excluding diaryl/α,β-unsaturated/α-hetero) is 1. The minimum atomic E-state index is -1.13. The number of carbonyl (C=O) groups excluding carboxylic acids is 1. The molecular formula is C13H14F2O2. The van der Waals surface area contributed by atoms with Crippen molar-refractivity contribution in [3.05, 3.63) is 48.1 Å². The molecule has 0 radical (unpaired) electrons. The van der Waals surface area contributed by atoms with Crippen LogP contribution in [0.3, 0.4) is 0 Å². The number of ether oxygens (including phenoxy) is 1. The summed E-state index contributed by atoms with van der Waals surface area (Å²) in [5.74, 6) is -2.75. The molecule has 17 heavy (non-hydrogen) atoms. The van der Waals surface area contributed by atoms with Crippen LogP contribution in [0.1, 0.15) is 23.7 Å². The highest BCUT2D eigenvalue weighted by atomic mass is 19.2. The molecule has 1 rings (SSSR count). The van der Waals surface area contributed by atoms with E-state index in [0.29, 0.717) is 6.42 Å². The molecule has 0 heterocycles. The Morgan fingerprint density at radius 3 is 2.82 bits per heavy atom. The number of hydrogen-bond acceptors (Lipinski definition) is 2. The van der Waals surface area contributed by atoms with Crippen LogP contribution in [0.2, 0.25) is 0 Å². The van der Waals surface area contributed by atoms with E-state index in [2.05, 4.69) is 6.58 Å². The molecule has 0 bridgehead atoms. The first kappa shape index (κ1) is 13.5. The average Bonchev–Trinajstić information content (AvgIpc) is 2.33. The first-order valence-corrected chi connectivity index (χ1v) is 5.31. The van der Waals surface area contributed by atoms with E-state index in [4.69, 9.17) is 4.74 Å². The van der Waals surface area contributed by atoms with Gasteiger partial charge in [-0.3, -0.25) is 4.79 Å². The number of ketones is 1. The summed E-state index contributed by atoms with van der Waals surface area (Å²) in [6.07, 6.45) is 1.98. The monoisotopic (exact) mass is 240 g/mol. The van der Waals surface area contributed by atoms with E-state index in [9.17, 15) is 13.6 Å². The van der Waals surface area contributed by atoms with Crippen LogP contribution < -0.4 is 0 Å². The van der Waals surface area contributed by atoms with Gasteiger partial charge >= 0.3 is 0 Å². The smallest absolute Gasteiger partial charge is 0.191 e. The Kier molecular flexibility index (Phi) is 4.97. The lowest BCUT2D eigenvalue weighted by atomic mass is 10.1. The minimum absolute atomic E-state index is 0.254. The normalized spacial score (nSPS) is 12.2. The van der Waals surface area contributed by atoms with Crippen molar-refractivity contribution in [3.8, 4) is 0 Å². The zero-order valence-corrected chi connectivity index (χ0v) is 9.58. The number of rotatable bonds is 6. The minimum Gasteiger partial charge on any atom is -0.366 e. The van der Waals surface area contributed by atoms with Gasteiger partial charge in [0.05, 0.1) is 11.7 Å². The Morgan fingerprint density at radius 1 is 1.53 bits per heavy atom. The summed E-state index contributed by atoms with van der Waals surface area (Å²) >= 11 is 0. The number of benzene rings is 1. The van der Waals surface area contributed by atoms with Crippen LogP contribution in [0.25, 0.3) is 0 Å². The molecule has 1 aromatic rings. The number of hydrogen-bond donors (Lipinski definition) is 0. The topological polar surface area (TPSA) is 26.3 Å². The second-order valence-electron chi connectivity index (χ2n) is 3.52.